The SMILES string of the molecule is CC(=O)N1CCC[C@H](C)[C@@H]1C. The van der Waals surface area contributed by atoms with Gasteiger partial charge in [0.1, 0.15) is 0 Å². The molecule has 64 valence electrons. The maximum atomic E-state index is 11.1. The maximum Gasteiger partial charge on any atom is 0.219 e. The molecule has 1 rings (SSSR count). The summed E-state index contributed by atoms with van der Waals surface area (Å²) in [7, 11) is 0. The smallest absolute Gasteiger partial charge is 0.219 e. The lowest BCUT2D eigenvalue weighted by Gasteiger charge is -2.37. The van der Waals surface area contributed by atoms with Gasteiger partial charge in [-0.3, -0.25) is 4.79 Å². The van der Waals surface area contributed by atoms with E-state index in [1.54, 1.807) is 6.92 Å². The van der Waals surface area contributed by atoms with Crippen LogP contribution in [0.15, 0.2) is 0 Å². The summed E-state index contributed by atoms with van der Waals surface area (Å²) >= 11 is 0. The summed E-state index contributed by atoms with van der Waals surface area (Å²) < 4.78 is 0. The highest BCUT2D eigenvalue weighted by Crippen LogP contribution is 2.22. The molecular formula is C9H17NO. The molecule has 0 aromatic carbocycles. The van der Waals surface area contributed by atoms with Crippen LogP contribution in [0.4, 0.5) is 0 Å². The van der Waals surface area contributed by atoms with E-state index in [0.717, 1.165) is 6.54 Å². The van der Waals surface area contributed by atoms with Crippen molar-refractivity contribution < 1.29 is 4.79 Å². The van der Waals surface area contributed by atoms with Crippen LogP contribution in [0.3, 0.4) is 0 Å². The predicted molar refractivity (Wildman–Crippen MR) is 45.2 cm³/mol. The molecule has 1 aliphatic heterocycles. The van der Waals surface area contributed by atoms with E-state index in [1.165, 1.54) is 12.8 Å². The first-order valence-electron chi connectivity index (χ1n) is 4.40. The number of hydrogen-bond donors (Lipinski definition) is 0. The van der Waals surface area contributed by atoms with E-state index >= 15 is 0 Å². The fourth-order valence-electron chi connectivity index (χ4n) is 1.78. The topological polar surface area (TPSA) is 20.3 Å². The Kier molecular flexibility index (Phi) is 2.53. The van der Waals surface area contributed by atoms with Crippen LogP contribution in [0.2, 0.25) is 0 Å². The molecule has 0 bridgehead atoms. The Balaban J connectivity index is 2.58. The first-order chi connectivity index (χ1) is 5.13. The summed E-state index contributed by atoms with van der Waals surface area (Å²) in [4.78, 5) is 13.1. The van der Waals surface area contributed by atoms with Crippen LogP contribution in [-0.2, 0) is 4.79 Å². The number of piperidine rings is 1. The summed E-state index contributed by atoms with van der Waals surface area (Å²) in [6, 6.07) is 0.446. The Hall–Kier alpha value is -0.530. The average Bonchev–Trinajstić information content (AvgIpc) is 1.94. The molecule has 0 aromatic heterocycles. The van der Waals surface area contributed by atoms with Crippen molar-refractivity contribution in [2.24, 2.45) is 5.92 Å². The minimum absolute atomic E-state index is 0.226. The van der Waals surface area contributed by atoms with Gasteiger partial charge in [-0.15, -0.1) is 0 Å². The van der Waals surface area contributed by atoms with Crippen LogP contribution >= 0.6 is 0 Å². The zero-order valence-electron chi connectivity index (χ0n) is 7.63. The van der Waals surface area contributed by atoms with Crippen molar-refractivity contribution in [1.82, 2.24) is 4.90 Å². The van der Waals surface area contributed by atoms with Crippen molar-refractivity contribution in [1.29, 1.82) is 0 Å². The molecule has 0 N–H and O–H groups in total. The number of rotatable bonds is 0. The molecule has 1 fully saturated rings. The lowest BCUT2D eigenvalue weighted by molar-refractivity contribution is -0.133. The summed E-state index contributed by atoms with van der Waals surface area (Å²) in [5.41, 5.74) is 0. The summed E-state index contributed by atoms with van der Waals surface area (Å²) in [6.45, 7) is 6.99. The lowest BCUT2D eigenvalue weighted by atomic mass is 9.92. The molecule has 1 aliphatic rings. The van der Waals surface area contributed by atoms with Gasteiger partial charge in [0.05, 0.1) is 0 Å². The molecular weight excluding hydrogens is 138 g/mol. The van der Waals surface area contributed by atoms with Gasteiger partial charge in [0, 0.05) is 19.5 Å². The van der Waals surface area contributed by atoms with Gasteiger partial charge in [0.2, 0.25) is 5.91 Å². The van der Waals surface area contributed by atoms with Crippen LogP contribution in [0.5, 0.6) is 0 Å². The highest BCUT2D eigenvalue weighted by atomic mass is 16.2. The molecule has 0 aliphatic carbocycles. The minimum Gasteiger partial charge on any atom is -0.340 e. The normalized spacial score (nSPS) is 32.1. The highest BCUT2D eigenvalue weighted by molar-refractivity contribution is 5.73. The average molecular weight is 155 g/mol. The third-order valence-electron chi connectivity index (χ3n) is 2.78. The Morgan fingerprint density at radius 3 is 2.55 bits per heavy atom. The monoisotopic (exact) mass is 155 g/mol. The zero-order valence-corrected chi connectivity index (χ0v) is 7.63. The van der Waals surface area contributed by atoms with E-state index in [-0.39, 0.29) is 5.91 Å². The molecule has 0 unspecified atom stereocenters. The Bertz CT molecular complexity index is 156. The predicted octanol–water partition coefficient (Wildman–Crippen LogP) is 1.65. The fourth-order valence-corrected chi connectivity index (χ4v) is 1.78. The second kappa shape index (κ2) is 3.24. The first-order valence-corrected chi connectivity index (χ1v) is 4.40. The molecule has 0 saturated carbocycles. The Morgan fingerprint density at radius 2 is 2.09 bits per heavy atom. The number of likely N-dealkylation sites (tertiary alicyclic amines) is 1. The van der Waals surface area contributed by atoms with Crippen molar-refractivity contribution in [3.05, 3.63) is 0 Å². The maximum absolute atomic E-state index is 11.1. The molecule has 1 heterocycles. The van der Waals surface area contributed by atoms with Crippen molar-refractivity contribution >= 4 is 5.91 Å². The number of amides is 1. The van der Waals surface area contributed by atoms with Gasteiger partial charge in [-0.05, 0) is 25.7 Å². The molecule has 0 radical (unpaired) electrons. The third kappa shape index (κ3) is 1.73. The van der Waals surface area contributed by atoms with Crippen LogP contribution in [0.25, 0.3) is 0 Å². The van der Waals surface area contributed by atoms with Gasteiger partial charge >= 0.3 is 0 Å². The molecule has 1 saturated heterocycles. The van der Waals surface area contributed by atoms with Crippen molar-refractivity contribution in [3.8, 4) is 0 Å². The first kappa shape index (κ1) is 8.57. The van der Waals surface area contributed by atoms with Gasteiger partial charge in [-0.25, -0.2) is 0 Å². The molecule has 2 heteroatoms. The largest absolute Gasteiger partial charge is 0.340 e. The summed E-state index contributed by atoms with van der Waals surface area (Å²) in [5.74, 6) is 0.900. The third-order valence-corrected chi connectivity index (χ3v) is 2.78. The van der Waals surface area contributed by atoms with E-state index in [1.807, 2.05) is 4.90 Å². The number of carbonyl (C=O) groups excluding carboxylic acids is 1. The van der Waals surface area contributed by atoms with E-state index in [2.05, 4.69) is 13.8 Å². The van der Waals surface area contributed by atoms with Crippen molar-refractivity contribution in [2.75, 3.05) is 6.54 Å². The minimum atomic E-state index is 0.226. The standard InChI is InChI=1S/C9H17NO/c1-7-5-4-6-10(8(7)2)9(3)11/h7-8H,4-6H2,1-3H3/t7-,8-/m0/s1. The molecule has 0 spiro atoms. The lowest BCUT2D eigenvalue weighted by Crippen LogP contribution is -2.44. The number of nitrogens with zero attached hydrogens (tertiary/aromatic N) is 1. The van der Waals surface area contributed by atoms with Crippen LogP contribution in [0.1, 0.15) is 33.6 Å². The molecule has 1 amide bonds. The van der Waals surface area contributed by atoms with Crippen LogP contribution in [-0.4, -0.2) is 23.4 Å². The fraction of sp³-hybridized carbons (Fsp3) is 0.889. The zero-order chi connectivity index (χ0) is 8.43. The highest BCUT2D eigenvalue weighted by Gasteiger charge is 2.25. The van der Waals surface area contributed by atoms with Gasteiger partial charge in [-0.2, -0.15) is 0 Å². The van der Waals surface area contributed by atoms with Crippen LogP contribution < -0.4 is 0 Å². The number of carbonyl (C=O) groups is 1. The Labute approximate surface area is 68.6 Å². The van der Waals surface area contributed by atoms with Gasteiger partial charge in [-0.1, -0.05) is 6.92 Å². The van der Waals surface area contributed by atoms with E-state index < -0.39 is 0 Å². The number of hydrogen-bond acceptors (Lipinski definition) is 1. The molecule has 2 nitrogen and oxygen atoms in total. The van der Waals surface area contributed by atoms with Crippen LogP contribution in [0, 0.1) is 5.92 Å². The molecule has 2 atom stereocenters. The summed E-state index contributed by atoms with van der Waals surface area (Å²) in [6.07, 6.45) is 2.44. The van der Waals surface area contributed by atoms with Crippen molar-refractivity contribution in [2.45, 2.75) is 39.7 Å². The van der Waals surface area contributed by atoms with Gasteiger partial charge in [0.25, 0.3) is 0 Å². The van der Waals surface area contributed by atoms with E-state index in [0.29, 0.717) is 12.0 Å². The summed E-state index contributed by atoms with van der Waals surface area (Å²) in [5, 5.41) is 0. The second-order valence-electron chi connectivity index (χ2n) is 3.57. The van der Waals surface area contributed by atoms with Crippen molar-refractivity contribution in [3.63, 3.8) is 0 Å². The molecule has 0 aromatic rings. The second-order valence-corrected chi connectivity index (χ2v) is 3.57. The van der Waals surface area contributed by atoms with Gasteiger partial charge < -0.3 is 4.90 Å². The quantitative estimate of drug-likeness (QED) is 0.521. The molecule has 11 heavy (non-hydrogen) atoms. The van der Waals surface area contributed by atoms with Gasteiger partial charge in [0.15, 0.2) is 0 Å². The van der Waals surface area contributed by atoms with E-state index in [4.69, 9.17) is 0 Å². The van der Waals surface area contributed by atoms with E-state index in [9.17, 15) is 4.79 Å². The Morgan fingerprint density at radius 1 is 1.45 bits per heavy atom.